The number of carbonyl (C=O) groups excluding carboxylic acids is 2. The molecule has 0 saturated heterocycles. The van der Waals surface area contributed by atoms with Crippen molar-refractivity contribution < 1.29 is 9.59 Å². The first-order valence-corrected chi connectivity index (χ1v) is 9.01. The summed E-state index contributed by atoms with van der Waals surface area (Å²) >= 11 is 1.33. The molecule has 0 saturated carbocycles. The molecular weight excluding hydrogens is 364 g/mol. The summed E-state index contributed by atoms with van der Waals surface area (Å²) in [5.74, 6) is -0.414. The number of hydrogen-bond acceptors (Lipinski definition) is 6. The third-order valence-electron chi connectivity index (χ3n) is 4.07. The average molecular weight is 380 g/mol. The Bertz CT molecular complexity index is 1160. The number of nitrogens with zero attached hydrogens (tertiary/aromatic N) is 2. The van der Waals surface area contributed by atoms with Gasteiger partial charge in [-0.15, -0.1) is 0 Å². The molecule has 4 aromatic rings. The molecule has 8 nitrogen and oxygen atoms in total. The largest absolute Gasteiger partial charge is 0.375 e. The van der Waals surface area contributed by atoms with Crippen LogP contribution in [-0.2, 0) is 11.3 Å². The number of rotatable bonds is 4. The Morgan fingerprint density at radius 3 is 2.70 bits per heavy atom. The van der Waals surface area contributed by atoms with Crippen LogP contribution in [0.1, 0.15) is 23.0 Å². The lowest BCUT2D eigenvalue weighted by Crippen LogP contribution is -2.18. The van der Waals surface area contributed by atoms with Gasteiger partial charge in [-0.05, 0) is 29.8 Å². The fraction of sp³-hybridized carbons (Fsp3) is 0.111. The average Bonchev–Trinajstić information content (AvgIpc) is 3.23. The van der Waals surface area contributed by atoms with Crippen molar-refractivity contribution >= 4 is 55.1 Å². The molecule has 0 aliphatic heterocycles. The number of hydrogen-bond donors (Lipinski definition) is 4. The molecule has 2 amide bonds. The molecule has 0 aliphatic rings. The number of fused-ring (bicyclic) bond motifs is 3. The summed E-state index contributed by atoms with van der Waals surface area (Å²) in [6.45, 7) is 1.91. The van der Waals surface area contributed by atoms with Crippen LogP contribution in [0.5, 0.6) is 0 Å². The SMILES string of the molecule is CC(=O)NCc1ccc(NC(=O)c2n[nH]c3ccc4nc(N)sc4c23)cc1. The number of thiazole rings is 1. The van der Waals surface area contributed by atoms with Crippen molar-refractivity contribution in [1.82, 2.24) is 20.5 Å². The van der Waals surface area contributed by atoms with E-state index in [4.69, 9.17) is 5.73 Å². The van der Waals surface area contributed by atoms with Crippen molar-refractivity contribution in [3.8, 4) is 0 Å². The van der Waals surface area contributed by atoms with Crippen molar-refractivity contribution in [2.45, 2.75) is 13.5 Å². The van der Waals surface area contributed by atoms with E-state index in [9.17, 15) is 9.59 Å². The molecule has 0 radical (unpaired) electrons. The Kier molecular flexibility index (Phi) is 4.21. The number of aromatic amines is 1. The minimum atomic E-state index is -0.324. The van der Waals surface area contributed by atoms with Crippen molar-refractivity contribution in [2.75, 3.05) is 11.1 Å². The topological polar surface area (TPSA) is 126 Å². The zero-order chi connectivity index (χ0) is 19.0. The molecule has 0 unspecified atom stereocenters. The Morgan fingerprint density at radius 1 is 1.19 bits per heavy atom. The van der Waals surface area contributed by atoms with E-state index in [0.29, 0.717) is 28.4 Å². The van der Waals surface area contributed by atoms with E-state index in [0.717, 1.165) is 21.3 Å². The molecule has 2 heterocycles. The highest BCUT2D eigenvalue weighted by molar-refractivity contribution is 7.23. The van der Waals surface area contributed by atoms with Crippen LogP contribution in [0.3, 0.4) is 0 Å². The molecule has 5 N–H and O–H groups in total. The number of amides is 2. The van der Waals surface area contributed by atoms with Gasteiger partial charge in [0.05, 0.1) is 21.1 Å². The second-order valence-electron chi connectivity index (χ2n) is 6.02. The minimum Gasteiger partial charge on any atom is -0.375 e. The number of nitrogens with one attached hydrogen (secondary N) is 3. The maximum atomic E-state index is 12.7. The van der Waals surface area contributed by atoms with E-state index in [1.165, 1.54) is 18.3 Å². The fourth-order valence-corrected chi connectivity index (χ4v) is 3.68. The van der Waals surface area contributed by atoms with Gasteiger partial charge in [0, 0.05) is 19.2 Å². The maximum absolute atomic E-state index is 12.7. The molecule has 2 aromatic carbocycles. The third kappa shape index (κ3) is 3.32. The number of carbonyl (C=O) groups is 2. The Labute approximate surface area is 157 Å². The van der Waals surface area contributed by atoms with Crippen LogP contribution in [0.4, 0.5) is 10.8 Å². The summed E-state index contributed by atoms with van der Waals surface area (Å²) in [5.41, 5.74) is 9.17. The van der Waals surface area contributed by atoms with E-state index >= 15 is 0 Å². The van der Waals surface area contributed by atoms with Gasteiger partial charge >= 0.3 is 0 Å². The molecule has 4 rings (SSSR count). The van der Waals surface area contributed by atoms with Crippen molar-refractivity contribution in [2.24, 2.45) is 0 Å². The third-order valence-corrected chi connectivity index (χ3v) is 4.99. The normalized spacial score (nSPS) is 11.0. The number of aromatic nitrogens is 3. The van der Waals surface area contributed by atoms with Crippen molar-refractivity contribution in [3.05, 3.63) is 47.7 Å². The molecule has 27 heavy (non-hydrogen) atoms. The van der Waals surface area contributed by atoms with E-state index < -0.39 is 0 Å². The Morgan fingerprint density at radius 2 is 1.96 bits per heavy atom. The first-order valence-electron chi connectivity index (χ1n) is 8.19. The van der Waals surface area contributed by atoms with Crippen LogP contribution < -0.4 is 16.4 Å². The van der Waals surface area contributed by atoms with E-state index in [-0.39, 0.29) is 11.8 Å². The van der Waals surface area contributed by atoms with Crippen LogP contribution in [-0.4, -0.2) is 27.0 Å². The van der Waals surface area contributed by atoms with Crippen molar-refractivity contribution in [1.29, 1.82) is 0 Å². The minimum absolute atomic E-state index is 0.0900. The summed E-state index contributed by atoms with van der Waals surface area (Å²) in [7, 11) is 0. The first kappa shape index (κ1) is 17.0. The van der Waals surface area contributed by atoms with Crippen LogP contribution in [0.25, 0.3) is 21.1 Å². The number of benzene rings is 2. The van der Waals surface area contributed by atoms with E-state index in [1.807, 2.05) is 24.3 Å². The van der Waals surface area contributed by atoms with Gasteiger partial charge in [0.2, 0.25) is 5.91 Å². The fourth-order valence-electron chi connectivity index (χ4n) is 2.80. The smallest absolute Gasteiger partial charge is 0.276 e. The lowest BCUT2D eigenvalue weighted by molar-refractivity contribution is -0.119. The highest BCUT2D eigenvalue weighted by Crippen LogP contribution is 2.32. The Hall–Kier alpha value is -3.46. The lowest BCUT2D eigenvalue weighted by atomic mass is 10.1. The van der Waals surface area contributed by atoms with Gasteiger partial charge in [-0.3, -0.25) is 14.7 Å². The molecular formula is C18H16N6O2S. The van der Waals surface area contributed by atoms with Gasteiger partial charge in [0.1, 0.15) is 0 Å². The molecule has 0 bridgehead atoms. The highest BCUT2D eigenvalue weighted by atomic mass is 32.1. The molecule has 0 aliphatic carbocycles. The van der Waals surface area contributed by atoms with Gasteiger partial charge in [-0.25, -0.2) is 4.98 Å². The second-order valence-corrected chi connectivity index (χ2v) is 7.05. The van der Waals surface area contributed by atoms with Gasteiger partial charge in [0.15, 0.2) is 10.8 Å². The summed E-state index contributed by atoms with van der Waals surface area (Å²) in [6.07, 6.45) is 0. The maximum Gasteiger partial charge on any atom is 0.276 e. The number of nitrogens with two attached hydrogens (primary N) is 1. The van der Waals surface area contributed by atoms with Crippen molar-refractivity contribution in [3.63, 3.8) is 0 Å². The molecule has 0 spiro atoms. The number of H-pyrrole nitrogens is 1. The second kappa shape index (κ2) is 6.69. The number of anilines is 2. The molecule has 0 fully saturated rings. The lowest BCUT2D eigenvalue weighted by Gasteiger charge is -2.06. The van der Waals surface area contributed by atoms with Crippen LogP contribution >= 0.6 is 11.3 Å². The first-order chi connectivity index (χ1) is 13.0. The van der Waals surface area contributed by atoms with E-state index in [1.54, 1.807) is 12.1 Å². The molecule has 136 valence electrons. The Balaban J connectivity index is 1.60. The van der Waals surface area contributed by atoms with Gasteiger partial charge in [-0.1, -0.05) is 23.5 Å². The van der Waals surface area contributed by atoms with Gasteiger partial charge < -0.3 is 16.4 Å². The summed E-state index contributed by atoms with van der Waals surface area (Å²) in [4.78, 5) is 28.0. The zero-order valence-electron chi connectivity index (χ0n) is 14.4. The van der Waals surface area contributed by atoms with Crippen LogP contribution in [0.2, 0.25) is 0 Å². The number of nitrogen functional groups attached to an aromatic ring is 1. The standard InChI is InChI=1S/C18H16N6O2S/c1-9(25)20-8-10-2-4-11(5-3-10)21-17(26)15-14-12(23-24-15)6-7-13-16(14)27-18(19)22-13/h2-7H,8H2,1H3,(H2,19,22)(H,20,25)(H,21,26)(H,23,24). The van der Waals surface area contributed by atoms with Crippen LogP contribution in [0, 0.1) is 0 Å². The highest BCUT2D eigenvalue weighted by Gasteiger charge is 2.18. The molecule has 0 atom stereocenters. The summed E-state index contributed by atoms with van der Waals surface area (Å²) < 4.78 is 0.828. The summed E-state index contributed by atoms with van der Waals surface area (Å²) in [6, 6.07) is 10.9. The predicted octanol–water partition coefficient (Wildman–Crippen LogP) is 2.64. The van der Waals surface area contributed by atoms with Gasteiger partial charge in [-0.2, -0.15) is 5.10 Å². The van der Waals surface area contributed by atoms with E-state index in [2.05, 4.69) is 25.8 Å². The molecule has 9 heteroatoms. The van der Waals surface area contributed by atoms with Crippen LogP contribution in [0.15, 0.2) is 36.4 Å². The monoisotopic (exact) mass is 380 g/mol. The zero-order valence-corrected chi connectivity index (χ0v) is 15.2. The van der Waals surface area contributed by atoms with Gasteiger partial charge in [0.25, 0.3) is 5.91 Å². The predicted molar refractivity (Wildman–Crippen MR) is 106 cm³/mol. The summed E-state index contributed by atoms with van der Waals surface area (Å²) in [5, 5.41) is 13.8. The quantitative estimate of drug-likeness (QED) is 0.433. The molecule has 2 aromatic heterocycles.